The van der Waals surface area contributed by atoms with E-state index in [-0.39, 0.29) is 12.2 Å². The van der Waals surface area contributed by atoms with Crippen molar-refractivity contribution in [2.45, 2.75) is 25.9 Å². The Balaban J connectivity index is 2.01. The Hall–Kier alpha value is -2.05. The lowest BCUT2D eigenvalue weighted by Gasteiger charge is -2.32. The van der Waals surface area contributed by atoms with Crippen molar-refractivity contribution in [2.75, 3.05) is 38.7 Å². The van der Waals surface area contributed by atoms with Crippen LogP contribution in [0.25, 0.3) is 0 Å². The van der Waals surface area contributed by atoms with Crippen LogP contribution in [0.15, 0.2) is 12.4 Å². The predicted octanol–water partition coefficient (Wildman–Crippen LogP) is 1.54. The third kappa shape index (κ3) is 3.96. The number of carbonyl (C=O) groups excluding carboxylic acids is 1. The van der Waals surface area contributed by atoms with E-state index in [2.05, 4.69) is 9.97 Å². The van der Waals surface area contributed by atoms with Gasteiger partial charge in [0.2, 0.25) is 0 Å². The molecule has 0 aliphatic carbocycles. The van der Waals surface area contributed by atoms with Gasteiger partial charge in [0.25, 0.3) is 5.88 Å². The maximum absolute atomic E-state index is 11.8. The van der Waals surface area contributed by atoms with Crippen molar-refractivity contribution in [3.05, 3.63) is 12.4 Å². The fourth-order valence-corrected chi connectivity index (χ4v) is 2.28. The highest BCUT2D eigenvalue weighted by atomic mass is 16.6. The molecule has 2 rings (SSSR count). The minimum absolute atomic E-state index is 0.0847. The molecule has 1 amide bonds. The second-order valence-electron chi connectivity index (χ2n) is 5.11. The quantitative estimate of drug-likeness (QED) is 0.839. The topological polar surface area (TPSA) is 67.8 Å². The summed E-state index contributed by atoms with van der Waals surface area (Å²) < 4.78 is 11.0. The van der Waals surface area contributed by atoms with E-state index in [1.165, 1.54) is 0 Å². The molecule has 1 unspecified atom stereocenters. The van der Waals surface area contributed by atoms with Gasteiger partial charge >= 0.3 is 6.09 Å². The Morgan fingerprint density at radius 3 is 2.90 bits per heavy atom. The van der Waals surface area contributed by atoms with Crippen LogP contribution in [0, 0.1) is 0 Å². The summed E-state index contributed by atoms with van der Waals surface area (Å²) in [5, 5.41) is 0. The van der Waals surface area contributed by atoms with Crippen molar-refractivity contribution in [3.8, 4) is 5.88 Å². The van der Waals surface area contributed by atoms with Crippen LogP contribution in [0.3, 0.4) is 0 Å². The molecule has 1 aromatic rings. The lowest BCUT2D eigenvalue weighted by molar-refractivity contribution is 0.0595. The molecule has 0 aromatic carbocycles. The molecule has 0 radical (unpaired) electrons. The fourth-order valence-electron chi connectivity index (χ4n) is 2.28. The van der Waals surface area contributed by atoms with Gasteiger partial charge in [0.15, 0.2) is 5.82 Å². The van der Waals surface area contributed by atoms with Crippen molar-refractivity contribution in [3.63, 3.8) is 0 Å². The number of likely N-dealkylation sites (tertiary alicyclic amines) is 1. The van der Waals surface area contributed by atoms with Crippen molar-refractivity contribution in [2.24, 2.45) is 0 Å². The number of ether oxygens (including phenoxy) is 2. The molecule has 1 aromatic heterocycles. The van der Waals surface area contributed by atoms with Crippen LogP contribution in [0.2, 0.25) is 0 Å². The third-order valence-corrected chi connectivity index (χ3v) is 3.25. The first-order valence-electron chi connectivity index (χ1n) is 7.18. The first-order chi connectivity index (χ1) is 10.1. The number of hydrogen-bond donors (Lipinski definition) is 0. The Morgan fingerprint density at radius 2 is 2.19 bits per heavy atom. The summed E-state index contributed by atoms with van der Waals surface area (Å²) in [7, 11) is 3.78. The summed E-state index contributed by atoms with van der Waals surface area (Å²) >= 11 is 0. The number of amides is 1. The molecule has 0 spiro atoms. The van der Waals surface area contributed by atoms with Crippen LogP contribution in [0.5, 0.6) is 5.88 Å². The number of aromatic nitrogens is 2. The monoisotopic (exact) mass is 294 g/mol. The highest BCUT2D eigenvalue weighted by Crippen LogP contribution is 2.24. The lowest BCUT2D eigenvalue weighted by Crippen LogP contribution is -2.44. The van der Waals surface area contributed by atoms with Crippen LogP contribution >= 0.6 is 0 Å². The van der Waals surface area contributed by atoms with Crippen molar-refractivity contribution >= 4 is 11.9 Å². The highest BCUT2D eigenvalue weighted by molar-refractivity contribution is 5.67. The molecule has 7 heteroatoms. The minimum Gasteiger partial charge on any atom is -0.470 e. The van der Waals surface area contributed by atoms with Crippen molar-refractivity contribution in [1.29, 1.82) is 0 Å². The first kappa shape index (κ1) is 15.3. The molecular formula is C14H22N4O3. The molecule has 0 bridgehead atoms. The van der Waals surface area contributed by atoms with Gasteiger partial charge in [-0.25, -0.2) is 14.8 Å². The van der Waals surface area contributed by atoms with E-state index in [9.17, 15) is 4.79 Å². The van der Waals surface area contributed by atoms with Crippen molar-refractivity contribution < 1.29 is 14.3 Å². The molecule has 1 fully saturated rings. The van der Waals surface area contributed by atoms with Gasteiger partial charge in [-0.05, 0) is 19.8 Å². The highest BCUT2D eigenvalue weighted by Gasteiger charge is 2.26. The number of hydrogen-bond acceptors (Lipinski definition) is 6. The number of carbonyl (C=O) groups is 1. The third-order valence-electron chi connectivity index (χ3n) is 3.25. The average molecular weight is 294 g/mol. The molecule has 21 heavy (non-hydrogen) atoms. The normalized spacial score (nSPS) is 18.2. The van der Waals surface area contributed by atoms with E-state index in [1.54, 1.807) is 24.2 Å². The van der Waals surface area contributed by atoms with Gasteiger partial charge in [-0.15, -0.1) is 0 Å². The molecule has 0 N–H and O–H groups in total. The second-order valence-corrected chi connectivity index (χ2v) is 5.11. The summed E-state index contributed by atoms with van der Waals surface area (Å²) in [5.74, 6) is 1.18. The molecule has 1 aliphatic rings. The second kappa shape index (κ2) is 7.10. The molecule has 1 saturated heterocycles. The summed E-state index contributed by atoms with van der Waals surface area (Å²) in [4.78, 5) is 23.8. The maximum Gasteiger partial charge on any atom is 0.409 e. The molecular weight excluding hydrogens is 272 g/mol. The van der Waals surface area contributed by atoms with Crippen molar-refractivity contribution in [1.82, 2.24) is 14.9 Å². The summed E-state index contributed by atoms with van der Waals surface area (Å²) in [5.41, 5.74) is 0. The number of anilines is 1. The Morgan fingerprint density at radius 1 is 1.43 bits per heavy atom. The van der Waals surface area contributed by atoms with Gasteiger partial charge in [0, 0.05) is 33.0 Å². The van der Waals surface area contributed by atoms with E-state index < -0.39 is 0 Å². The summed E-state index contributed by atoms with van der Waals surface area (Å²) in [6, 6.07) is 0. The van der Waals surface area contributed by atoms with E-state index in [1.807, 2.05) is 19.0 Å². The SMILES string of the molecule is CCOC(=O)N1CCCC(Oc2nccnc2N(C)C)C1. The van der Waals surface area contributed by atoms with E-state index in [4.69, 9.17) is 9.47 Å². The van der Waals surface area contributed by atoms with E-state index in [0.717, 1.165) is 12.8 Å². The van der Waals surface area contributed by atoms with Gasteiger partial charge in [0.05, 0.1) is 13.2 Å². The zero-order valence-electron chi connectivity index (χ0n) is 12.8. The Kier molecular flexibility index (Phi) is 5.19. The largest absolute Gasteiger partial charge is 0.470 e. The van der Waals surface area contributed by atoms with Crippen LogP contribution < -0.4 is 9.64 Å². The van der Waals surface area contributed by atoms with Gasteiger partial charge in [-0.1, -0.05) is 0 Å². The number of rotatable bonds is 4. The van der Waals surface area contributed by atoms with Crippen LogP contribution in [-0.2, 0) is 4.74 Å². The smallest absolute Gasteiger partial charge is 0.409 e. The van der Waals surface area contributed by atoms with Gasteiger partial charge in [-0.3, -0.25) is 0 Å². The first-order valence-corrected chi connectivity index (χ1v) is 7.18. The summed E-state index contributed by atoms with van der Waals surface area (Å²) in [6.45, 7) is 3.41. The zero-order valence-corrected chi connectivity index (χ0v) is 12.8. The molecule has 2 heterocycles. The molecule has 116 valence electrons. The zero-order chi connectivity index (χ0) is 15.2. The van der Waals surface area contributed by atoms with Gasteiger partial charge in [0.1, 0.15) is 6.10 Å². The molecule has 0 saturated carbocycles. The maximum atomic E-state index is 11.8. The van der Waals surface area contributed by atoms with E-state index >= 15 is 0 Å². The molecule has 1 aliphatic heterocycles. The van der Waals surface area contributed by atoms with Crippen LogP contribution in [0.4, 0.5) is 10.6 Å². The molecule has 1 atom stereocenters. The fraction of sp³-hybridized carbons (Fsp3) is 0.643. The number of piperidine rings is 1. The lowest BCUT2D eigenvalue weighted by atomic mass is 10.1. The number of nitrogens with zero attached hydrogens (tertiary/aromatic N) is 4. The van der Waals surface area contributed by atoms with Gasteiger partial charge < -0.3 is 19.3 Å². The van der Waals surface area contributed by atoms with Crippen LogP contribution in [-0.4, -0.2) is 60.9 Å². The van der Waals surface area contributed by atoms with Gasteiger partial charge in [-0.2, -0.15) is 0 Å². The average Bonchev–Trinajstić information content (AvgIpc) is 2.48. The predicted molar refractivity (Wildman–Crippen MR) is 78.6 cm³/mol. The van der Waals surface area contributed by atoms with Crippen LogP contribution in [0.1, 0.15) is 19.8 Å². The molecule has 7 nitrogen and oxygen atoms in total. The summed E-state index contributed by atoms with van der Waals surface area (Å²) in [6.07, 6.45) is 4.65. The Labute approximate surface area is 124 Å². The standard InChI is InChI=1S/C14H22N4O3/c1-4-20-14(19)18-9-5-6-11(10-18)21-13-12(17(2)3)15-7-8-16-13/h7-8,11H,4-6,9-10H2,1-3H3. The van der Waals surface area contributed by atoms with E-state index in [0.29, 0.717) is 31.4 Å². The Bertz CT molecular complexity index is 481. The minimum atomic E-state index is -0.280.